The van der Waals surface area contributed by atoms with Crippen LogP contribution in [-0.4, -0.2) is 59.5 Å². The quantitative estimate of drug-likeness (QED) is 0.761. The lowest BCUT2D eigenvalue weighted by atomic mass is 10.1. The van der Waals surface area contributed by atoms with Crippen molar-refractivity contribution in [1.29, 1.82) is 0 Å². The number of carbonyl (C=O) groups excluding carboxylic acids is 1. The largest absolute Gasteiger partial charge is 0.372 e. The lowest BCUT2D eigenvalue weighted by Gasteiger charge is -2.29. The molecule has 0 saturated carbocycles. The van der Waals surface area contributed by atoms with E-state index in [1.165, 1.54) is 29.8 Å². The van der Waals surface area contributed by atoms with Crippen LogP contribution in [0.4, 0.5) is 11.4 Å². The van der Waals surface area contributed by atoms with Gasteiger partial charge in [-0.1, -0.05) is 0 Å². The number of sulfonamides is 1. The van der Waals surface area contributed by atoms with Crippen molar-refractivity contribution in [2.24, 2.45) is 0 Å². The fraction of sp³-hybridized carbons (Fsp3) is 0.632. The Morgan fingerprint density at radius 2 is 1.89 bits per heavy atom. The summed E-state index contributed by atoms with van der Waals surface area (Å²) < 4.78 is 31.1. The maximum absolute atomic E-state index is 12.2. The standard InChI is InChI=1S/C19H29N3O4S/c1-27(24,25)22(14-11-20-19(23)18-6-5-15-26-18)17-9-7-16(8-10-17)21-12-3-2-4-13-21/h7-10,18H,2-6,11-15H2,1H3,(H,20,23). The lowest BCUT2D eigenvalue weighted by molar-refractivity contribution is -0.129. The van der Waals surface area contributed by atoms with E-state index in [1.54, 1.807) is 0 Å². The van der Waals surface area contributed by atoms with E-state index in [2.05, 4.69) is 10.2 Å². The molecule has 27 heavy (non-hydrogen) atoms. The summed E-state index contributed by atoms with van der Waals surface area (Å²) in [5.41, 5.74) is 1.74. The van der Waals surface area contributed by atoms with Crippen molar-refractivity contribution in [1.82, 2.24) is 5.32 Å². The zero-order valence-electron chi connectivity index (χ0n) is 15.9. The van der Waals surface area contributed by atoms with Crippen LogP contribution in [0.5, 0.6) is 0 Å². The predicted molar refractivity (Wildman–Crippen MR) is 107 cm³/mol. The van der Waals surface area contributed by atoms with Crippen LogP contribution in [0.1, 0.15) is 32.1 Å². The minimum atomic E-state index is -3.44. The maximum Gasteiger partial charge on any atom is 0.249 e. The Labute approximate surface area is 161 Å². The van der Waals surface area contributed by atoms with Crippen LogP contribution in [0.2, 0.25) is 0 Å². The summed E-state index contributed by atoms with van der Waals surface area (Å²) in [6.07, 6.45) is 6.06. The van der Waals surface area contributed by atoms with E-state index in [1.807, 2.05) is 24.3 Å². The van der Waals surface area contributed by atoms with E-state index in [0.717, 1.165) is 31.6 Å². The summed E-state index contributed by atoms with van der Waals surface area (Å²) in [5.74, 6) is -0.165. The summed E-state index contributed by atoms with van der Waals surface area (Å²) in [6.45, 7) is 3.14. The van der Waals surface area contributed by atoms with Gasteiger partial charge in [0.1, 0.15) is 6.10 Å². The number of rotatable bonds is 7. The molecule has 0 aromatic heterocycles. The van der Waals surface area contributed by atoms with Crippen molar-refractivity contribution in [3.8, 4) is 0 Å². The molecule has 1 amide bonds. The molecule has 2 heterocycles. The number of anilines is 2. The number of hydrogen-bond acceptors (Lipinski definition) is 5. The smallest absolute Gasteiger partial charge is 0.249 e. The number of benzene rings is 1. The van der Waals surface area contributed by atoms with Crippen LogP contribution in [0.3, 0.4) is 0 Å². The van der Waals surface area contributed by atoms with E-state index in [-0.39, 0.29) is 19.0 Å². The Hall–Kier alpha value is -1.80. The van der Waals surface area contributed by atoms with Gasteiger partial charge in [-0.25, -0.2) is 8.42 Å². The summed E-state index contributed by atoms with van der Waals surface area (Å²) >= 11 is 0. The first kappa shape index (κ1) is 19.9. The predicted octanol–water partition coefficient (Wildman–Crippen LogP) is 1.74. The average molecular weight is 396 g/mol. The number of hydrogen-bond donors (Lipinski definition) is 1. The molecule has 1 N–H and O–H groups in total. The van der Waals surface area contributed by atoms with Crippen LogP contribution >= 0.6 is 0 Å². The number of amides is 1. The number of nitrogens with zero attached hydrogens (tertiary/aromatic N) is 2. The third kappa shape index (κ3) is 5.35. The number of carbonyl (C=O) groups is 1. The van der Waals surface area contributed by atoms with E-state index in [0.29, 0.717) is 12.3 Å². The molecule has 3 rings (SSSR count). The molecule has 0 aliphatic carbocycles. The first-order chi connectivity index (χ1) is 12.9. The molecule has 1 aromatic rings. The van der Waals surface area contributed by atoms with Gasteiger partial charge in [0.05, 0.1) is 18.5 Å². The Morgan fingerprint density at radius 1 is 1.19 bits per heavy atom. The van der Waals surface area contributed by atoms with Crippen LogP contribution in [0, 0.1) is 0 Å². The summed E-state index contributed by atoms with van der Waals surface area (Å²) in [7, 11) is -3.44. The highest BCUT2D eigenvalue weighted by molar-refractivity contribution is 7.92. The van der Waals surface area contributed by atoms with Crippen molar-refractivity contribution in [2.45, 2.75) is 38.2 Å². The molecule has 7 nitrogen and oxygen atoms in total. The van der Waals surface area contributed by atoms with E-state index in [4.69, 9.17) is 4.74 Å². The van der Waals surface area contributed by atoms with Crippen molar-refractivity contribution < 1.29 is 17.9 Å². The van der Waals surface area contributed by atoms with Gasteiger partial charge in [0, 0.05) is 31.9 Å². The van der Waals surface area contributed by atoms with Crippen molar-refractivity contribution in [2.75, 3.05) is 48.2 Å². The van der Waals surface area contributed by atoms with E-state index < -0.39 is 16.1 Å². The van der Waals surface area contributed by atoms with Gasteiger partial charge in [-0.05, 0) is 56.4 Å². The zero-order valence-corrected chi connectivity index (χ0v) is 16.7. The summed E-state index contributed by atoms with van der Waals surface area (Å²) in [6, 6.07) is 7.63. The maximum atomic E-state index is 12.2. The number of nitrogens with one attached hydrogen (secondary N) is 1. The van der Waals surface area contributed by atoms with Crippen molar-refractivity contribution >= 4 is 27.3 Å². The van der Waals surface area contributed by atoms with Crippen molar-refractivity contribution in [3.63, 3.8) is 0 Å². The molecule has 0 bridgehead atoms. The molecule has 2 fully saturated rings. The average Bonchev–Trinajstić information content (AvgIpc) is 3.20. The van der Waals surface area contributed by atoms with Gasteiger partial charge in [-0.15, -0.1) is 0 Å². The van der Waals surface area contributed by atoms with Gasteiger partial charge in [-0.2, -0.15) is 0 Å². The van der Waals surface area contributed by atoms with Gasteiger partial charge >= 0.3 is 0 Å². The molecule has 1 atom stereocenters. The van der Waals surface area contributed by atoms with Crippen LogP contribution in [0.15, 0.2) is 24.3 Å². The fourth-order valence-corrected chi connectivity index (χ4v) is 4.57. The second-order valence-electron chi connectivity index (χ2n) is 7.19. The van der Waals surface area contributed by atoms with Gasteiger partial charge < -0.3 is 15.0 Å². The lowest BCUT2D eigenvalue weighted by Crippen LogP contribution is -2.41. The zero-order chi connectivity index (χ0) is 19.3. The van der Waals surface area contributed by atoms with E-state index >= 15 is 0 Å². The number of piperidine rings is 1. The Kier molecular flexibility index (Phi) is 6.59. The molecule has 150 valence electrons. The van der Waals surface area contributed by atoms with Gasteiger partial charge in [-0.3, -0.25) is 9.10 Å². The van der Waals surface area contributed by atoms with Crippen LogP contribution in [0.25, 0.3) is 0 Å². The Morgan fingerprint density at radius 3 is 2.48 bits per heavy atom. The minimum Gasteiger partial charge on any atom is -0.372 e. The number of ether oxygens (including phenoxy) is 1. The van der Waals surface area contributed by atoms with Crippen LogP contribution in [-0.2, 0) is 19.6 Å². The van der Waals surface area contributed by atoms with E-state index in [9.17, 15) is 13.2 Å². The van der Waals surface area contributed by atoms with Gasteiger partial charge in [0.15, 0.2) is 0 Å². The third-order valence-electron chi connectivity index (χ3n) is 5.10. The SMILES string of the molecule is CS(=O)(=O)N(CCNC(=O)C1CCCO1)c1ccc(N2CCCCC2)cc1. The molecule has 1 unspecified atom stereocenters. The fourth-order valence-electron chi connectivity index (χ4n) is 3.65. The molecule has 2 aliphatic rings. The molecule has 8 heteroatoms. The summed E-state index contributed by atoms with van der Waals surface area (Å²) in [4.78, 5) is 14.4. The topological polar surface area (TPSA) is 79.0 Å². The first-order valence-electron chi connectivity index (χ1n) is 9.67. The molecule has 2 aliphatic heterocycles. The molecule has 0 radical (unpaired) electrons. The normalized spacial score (nSPS) is 20.5. The highest BCUT2D eigenvalue weighted by Gasteiger charge is 2.24. The monoisotopic (exact) mass is 395 g/mol. The second-order valence-corrected chi connectivity index (χ2v) is 9.10. The van der Waals surface area contributed by atoms with Crippen molar-refractivity contribution in [3.05, 3.63) is 24.3 Å². The summed E-state index contributed by atoms with van der Waals surface area (Å²) in [5, 5.41) is 2.78. The Balaban J connectivity index is 1.61. The van der Waals surface area contributed by atoms with Gasteiger partial charge in [0.25, 0.3) is 0 Å². The van der Waals surface area contributed by atoms with Gasteiger partial charge in [0.2, 0.25) is 15.9 Å². The minimum absolute atomic E-state index is 0.165. The Bertz CT molecular complexity index is 724. The molecule has 1 aromatic carbocycles. The highest BCUT2D eigenvalue weighted by atomic mass is 32.2. The second kappa shape index (κ2) is 8.93. The molecule has 0 spiro atoms. The molecule has 2 saturated heterocycles. The van der Waals surface area contributed by atoms with Crippen LogP contribution < -0.4 is 14.5 Å². The first-order valence-corrected chi connectivity index (χ1v) is 11.5. The molecular formula is C19H29N3O4S. The molecular weight excluding hydrogens is 366 g/mol. The highest BCUT2D eigenvalue weighted by Crippen LogP contribution is 2.24. The third-order valence-corrected chi connectivity index (χ3v) is 6.29.